The fourth-order valence-electron chi connectivity index (χ4n) is 3.10. The van der Waals surface area contributed by atoms with Crippen LogP contribution in [0.25, 0.3) is 0 Å². The number of nitro benzene ring substituents is 1. The first-order chi connectivity index (χ1) is 14.7. The van der Waals surface area contributed by atoms with Crippen molar-refractivity contribution in [1.82, 2.24) is 9.21 Å². The molecule has 164 valence electrons. The number of sulfonamides is 1. The number of nitro groups is 1. The van der Waals surface area contributed by atoms with Crippen LogP contribution in [-0.2, 0) is 26.2 Å². The Hall–Kier alpha value is -3.51. The number of carbonyl (C=O) groups excluding carboxylic acids is 1. The number of ether oxygens (including phenoxy) is 1. The molecule has 1 amide bonds. The summed E-state index contributed by atoms with van der Waals surface area (Å²) in [7, 11) is -4.11. The van der Waals surface area contributed by atoms with E-state index in [0.717, 1.165) is 39.0 Å². The van der Waals surface area contributed by atoms with E-state index >= 15 is 0 Å². The van der Waals surface area contributed by atoms with Crippen LogP contribution in [0.4, 0.5) is 10.5 Å². The second-order valence-electron chi connectivity index (χ2n) is 6.70. The Morgan fingerprint density at radius 2 is 1.74 bits per heavy atom. The Labute approximate surface area is 177 Å². The summed E-state index contributed by atoms with van der Waals surface area (Å²) in [5.41, 5.74) is 0.454. The largest absolute Gasteiger partial charge is 0.480 e. The molecule has 1 N–H and O–H groups in total. The molecule has 1 fully saturated rings. The lowest BCUT2D eigenvalue weighted by Crippen LogP contribution is -2.59. The van der Waals surface area contributed by atoms with Gasteiger partial charge in [0.25, 0.3) is 5.69 Å². The van der Waals surface area contributed by atoms with Crippen molar-refractivity contribution in [3.63, 3.8) is 0 Å². The number of carboxylic acids is 1. The fourth-order valence-corrected chi connectivity index (χ4v) is 4.53. The Kier molecular flexibility index (Phi) is 6.51. The molecule has 0 bridgehead atoms. The van der Waals surface area contributed by atoms with Crippen LogP contribution in [0.1, 0.15) is 5.56 Å². The smallest absolute Gasteiger partial charge is 0.410 e. The van der Waals surface area contributed by atoms with Gasteiger partial charge in [0, 0.05) is 31.8 Å². The summed E-state index contributed by atoms with van der Waals surface area (Å²) in [5.74, 6) is -1.37. The summed E-state index contributed by atoms with van der Waals surface area (Å²) in [6, 6.07) is 11.7. The van der Waals surface area contributed by atoms with Crippen LogP contribution in [0.2, 0.25) is 0 Å². The van der Waals surface area contributed by atoms with Crippen molar-refractivity contribution in [3.8, 4) is 0 Å². The lowest BCUT2D eigenvalue weighted by atomic mass is 10.2. The highest BCUT2D eigenvalue weighted by Crippen LogP contribution is 2.23. The van der Waals surface area contributed by atoms with E-state index in [-0.39, 0.29) is 30.3 Å². The maximum absolute atomic E-state index is 12.9. The molecule has 2 aromatic rings. The van der Waals surface area contributed by atoms with Gasteiger partial charge >= 0.3 is 12.1 Å². The monoisotopic (exact) mass is 449 g/mol. The molecule has 11 nitrogen and oxygen atoms in total. The molecule has 0 spiro atoms. The maximum atomic E-state index is 12.9. The first-order valence-corrected chi connectivity index (χ1v) is 10.6. The van der Waals surface area contributed by atoms with E-state index in [1.807, 2.05) is 0 Å². The highest BCUT2D eigenvalue weighted by Gasteiger charge is 2.40. The minimum absolute atomic E-state index is 0.0483. The van der Waals surface area contributed by atoms with Gasteiger partial charge in [0.2, 0.25) is 10.0 Å². The molecule has 0 unspecified atom stereocenters. The quantitative estimate of drug-likeness (QED) is 0.517. The molecule has 0 aliphatic carbocycles. The Morgan fingerprint density at radius 1 is 1.10 bits per heavy atom. The number of carboxylic acid groups (broad SMARTS) is 1. The number of piperazine rings is 1. The van der Waals surface area contributed by atoms with Gasteiger partial charge in [-0.15, -0.1) is 0 Å². The van der Waals surface area contributed by atoms with Crippen LogP contribution >= 0.6 is 0 Å². The molecule has 1 heterocycles. The van der Waals surface area contributed by atoms with Crippen molar-refractivity contribution >= 4 is 27.8 Å². The summed E-state index contributed by atoms with van der Waals surface area (Å²) < 4.78 is 31.8. The van der Waals surface area contributed by atoms with Gasteiger partial charge in [-0.3, -0.25) is 15.0 Å². The highest BCUT2D eigenvalue weighted by atomic mass is 32.2. The van der Waals surface area contributed by atoms with Crippen molar-refractivity contribution in [2.75, 3.05) is 19.6 Å². The summed E-state index contributed by atoms with van der Waals surface area (Å²) in [6.07, 6.45) is -0.858. The van der Waals surface area contributed by atoms with Crippen molar-refractivity contribution in [3.05, 3.63) is 70.3 Å². The first kappa shape index (κ1) is 22.2. The zero-order chi connectivity index (χ0) is 22.6. The topological polar surface area (TPSA) is 147 Å². The van der Waals surface area contributed by atoms with Crippen LogP contribution in [0.3, 0.4) is 0 Å². The van der Waals surface area contributed by atoms with E-state index in [2.05, 4.69) is 0 Å². The summed E-state index contributed by atoms with van der Waals surface area (Å²) in [6.45, 7) is -0.858. The molecular formula is C19H19N3O8S. The summed E-state index contributed by atoms with van der Waals surface area (Å²) in [4.78, 5) is 35.0. The standard InChI is InChI=1S/C19H19N3O8S/c23-18(24)17-12-20(31(28,29)16-8-6-15(7-9-16)22(26)27)10-11-21(17)19(25)30-13-14-4-2-1-3-5-14/h1-9,17H,10-13H2,(H,23,24)/t17-/m1/s1. The zero-order valence-electron chi connectivity index (χ0n) is 16.2. The number of carbonyl (C=O) groups is 2. The predicted octanol–water partition coefficient (Wildman–Crippen LogP) is 1.69. The minimum atomic E-state index is -4.11. The van der Waals surface area contributed by atoms with Crippen LogP contribution in [-0.4, -0.2) is 65.4 Å². The normalized spacial score (nSPS) is 17.2. The van der Waals surface area contributed by atoms with Crippen molar-refractivity contribution in [2.45, 2.75) is 17.5 Å². The Morgan fingerprint density at radius 3 is 2.32 bits per heavy atom. The molecule has 31 heavy (non-hydrogen) atoms. The Bertz CT molecular complexity index is 1070. The van der Waals surface area contributed by atoms with Gasteiger partial charge in [0.1, 0.15) is 12.6 Å². The second-order valence-corrected chi connectivity index (χ2v) is 8.64. The lowest BCUT2D eigenvalue weighted by Gasteiger charge is -2.37. The van der Waals surface area contributed by atoms with Crippen molar-refractivity contribution < 1.29 is 32.8 Å². The number of nitrogens with zero attached hydrogens (tertiary/aromatic N) is 3. The SMILES string of the molecule is O=C(O)[C@H]1CN(S(=O)(=O)c2ccc([N+](=O)[O-])cc2)CCN1C(=O)OCc1ccccc1. The molecule has 12 heteroatoms. The van der Waals surface area contributed by atoms with E-state index in [1.165, 1.54) is 0 Å². The number of amides is 1. The molecular weight excluding hydrogens is 430 g/mol. The summed E-state index contributed by atoms with van der Waals surface area (Å²) >= 11 is 0. The predicted molar refractivity (Wildman–Crippen MR) is 107 cm³/mol. The third-order valence-electron chi connectivity index (χ3n) is 4.75. The fraction of sp³-hybridized carbons (Fsp3) is 0.263. The molecule has 1 aliphatic heterocycles. The third-order valence-corrected chi connectivity index (χ3v) is 6.63. The van der Waals surface area contributed by atoms with E-state index < -0.39 is 39.6 Å². The van der Waals surface area contributed by atoms with E-state index in [9.17, 15) is 33.2 Å². The number of hydrogen-bond donors (Lipinski definition) is 1. The molecule has 0 aromatic heterocycles. The minimum Gasteiger partial charge on any atom is -0.480 e. The molecule has 1 aliphatic rings. The highest BCUT2D eigenvalue weighted by molar-refractivity contribution is 7.89. The van der Waals surface area contributed by atoms with Gasteiger partial charge in [-0.2, -0.15) is 4.31 Å². The molecule has 3 rings (SSSR count). The number of rotatable bonds is 6. The van der Waals surface area contributed by atoms with E-state index in [1.54, 1.807) is 30.3 Å². The lowest BCUT2D eigenvalue weighted by molar-refractivity contribution is -0.384. The van der Waals surface area contributed by atoms with Gasteiger partial charge in [-0.1, -0.05) is 30.3 Å². The number of hydrogen-bond acceptors (Lipinski definition) is 7. The average Bonchev–Trinajstić information content (AvgIpc) is 2.77. The van der Waals surface area contributed by atoms with Gasteiger partial charge in [0.05, 0.1) is 9.82 Å². The third kappa shape index (κ3) is 4.98. The van der Waals surface area contributed by atoms with Crippen LogP contribution < -0.4 is 0 Å². The number of benzene rings is 2. The number of non-ortho nitro benzene ring substituents is 1. The zero-order valence-corrected chi connectivity index (χ0v) is 17.0. The van der Waals surface area contributed by atoms with Gasteiger partial charge in [0.15, 0.2) is 0 Å². The van der Waals surface area contributed by atoms with Crippen molar-refractivity contribution in [2.24, 2.45) is 0 Å². The van der Waals surface area contributed by atoms with Crippen LogP contribution in [0.5, 0.6) is 0 Å². The molecule has 0 saturated carbocycles. The average molecular weight is 449 g/mol. The van der Waals surface area contributed by atoms with Gasteiger partial charge in [-0.25, -0.2) is 18.0 Å². The van der Waals surface area contributed by atoms with Crippen molar-refractivity contribution in [1.29, 1.82) is 0 Å². The van der Waals surface area contributed by atoms with E-state index in [4.69, 9.17) is 4.74 Å². The maximum Gasteiger partial charge on any atom is 0.410 e. The van der Waals surface area contributed by atoms with E-state index in [0.29, 0.717) is 0 Å². The second kappa shape index (κ2) is 9.10. The molecule has 1 atom stereocenters. The van der Waals surface area contributed by atoms with Gasteiger partial charge < -0.3 is 9.84 Å². The van der Waals surface area contributed by atoms with Crippen LogP contribution in [0.15, 0.2) is 59.5 Å². The first-order valence-electron chi connectivity index (χ1n) is 9.15. The van der Waals surface area contributed by atoms with Gasteiger partial charge in [-0.05, 0) is 17.7 Å². The number of aliphatic carboxylic acids is 1. The molecule has 0 radical (unpaired) electrons. The Balaban J connectivity index is 1.72. The molecule has 2 aromatic carbocycles. The molecule has 1 saturated heterocycles. The van der Waals surface area contributed by atoms with Crippen LogP contribution in [0, 0.1) is 10.1 Å². The summed E-state index contributed by atoms with van der Waals surface area (Å²) in [5, 5.41) is 20.3.